The van der Waals surface area contributed by atoms with Crippen molar-refractivity contribution in [1.82, 2.24) is 14.6 Å². The van der Waals surface area contributed by atoms with E-state index in [2.05, 4.69) is 10.3 Å². The van der Waals surface area contributed by atoms with Crippen LogP contribution in [0.15, 0.2) is 34.5 Å². The van der Waals surface area contributed by atoms with Crippen molar-refractivity contribution in [2.75, 3.05) is 32.8 Å². The molecule has 2 aromatic rings. The number of thiazole rings is 1. The molecule has 1 aromatic carbocycles. The van der Waals surface area contributed by atoms with Gasteiger partial charge in [-0.2, -0.15) is 4.31 Å². The first kappa shape index (κ1) is 20.9. The average Bonchev–Trinajstić information content (AvgIpc) is 3.13. The number of aromatic nitrogens is 1. The summed E-state index contributed by atoms with van der Waals surface area (Å²) >= 11 is 1.67. The van der Waals surface area contributed by atoms with Crippen molar-refractivity contribution in [1.29, 1.82) is 0 Å². The molecule has 1 amide bonds. The Morgan fingerprint density at radius 3 is 2.57 bits per heavy atom. The molecule has 0 spiro atoms. The molecule has 9 heteroatoms. The number of morpholine rings is 1. The zero-order valence-corrected chi connectivity index (χ0v) is 17.5. The van der Waals surface area contributed by atoms with Crippen LogP contribution < -0.4 is 5.32 Å². The van der Waals surface area contributed by atoms with Crippen molar-refractivity contribution in [3.63, 3.8) is 0 Å². The van der Waals surface area contributed by atoms with Crippen molar-refractivity contribution >= 4 is 27.3 Å². The molecule has 152 valence electrons. The number of nitrogens with one attached hydrogen (secondary N) is 1. The third-order valence-electron chi connectivity index (χ3n) is 4.49. The Hall–Kier alpha value is -1.81. The highest BCUT2D eigenvalue weighted by molar-refractivity contribution is 7.89. The zero-order chi connectivity index (χ0) is 20.0. The fourth-order valence-electron chi connectivity index (χ4n) is 2.94. The van der Waals surface area contributed by atoms with E-state index in [0.29, 0.717) is 38.4 Å². The second kappa shape index (κ2) is 9.60. The van der Waals surface area contributed by atoms with Gasteiger partial charge in [0.1, 0.15) is 0 Å². The molecule has 1 aliphatic rings. The summed E-state index contributed by atoms with van der Waals surface area (Å²) in [5.74, 6) is -0.194. The van der Waals surface area contributed by atoms with Gasteiger partial charge in [-0.05, 0) is 50.5 Å². The number of unbranched alkanes of at least 4 members (excludes halogenated alkanes) is 1. The Morgan fingerprint density at radius 2 is 1.93 bits per heavy atom. The van der Waals surface area contributed by atoms with Crippen LogP contribution in [0.4, 0.5) is 0 Å². The summed E-state index contributed by atoms with van der Waals surface area (Å²) in [6.07, 6.45) is 2.75. The zero-order valence-electron chi connectivity index (χ0n) is 15.9. The molecule has 1 saturated heterocycles. The van der Waals surface area contributed by atoms with Gasteiger partial charge < -0.3 is 10.1 Å². The fraction of sp³-hybridized carbons (Fsp3) is 0.474. The minimum Gasteiger partial charge on any atom is -0.379 e. The lowest BCUT2D eigenvalue weighted by Crippen LogP contribution is -2.40. The van der Waals surface area contributed by atoms with E-state index in [-0.39, 0.29) is 10.8 Å². The van der Waals surface area contributed by atoms with Crippen LogP contribution in [0.2, 0.25) is 0 Å². The molecule has 2 heterocycles. The monoisotopic (exact) mass is 423 g/mol. The third kappa shape index (κ3) is 5.38. The van der Waals surface area contributed by atoms with Gasteiger partial charge in [-0.1, -0.05) is 0 Å². The number of hydrogen-bond donors (Lipinski definition) is 1. The van der Waals surface area contributed by atoms with E-state index in [9.17, 15) is 13.2 Å². The predicted molar refractivity (Wildman–Crippen MR) is 108 cm³/mol. The molecule has 0 atom stereocenters. The first-order chi connectivity index (χ1) is 13.5. The van der Waals surface area contributed by atoms with Gasteiger partial charge >= 0.3 is 0 Å². The first-order valence-corrected chi connectivity index (χ1v) is 11.7. The summed E-state index contributed by atoms with van der Waals surface area (Å²) < 4.78 is 31.8. The average molecular weight is 424 g/mol. The molecule has 0 saturated carbocycles. The number of benzene rings is 1. The SMILES string of the molecule is Cc1csc(CCCCNC(=O)c2ccc(S(=O)(=O)N3CCOCC3)cc2)n1. The maximum absolute atomic E-state index is 12.6. The van der Waals surface area contributed by atoms with Gasteiger partial charge in [-0.3, -0.25) is 4.79 Å². The van der Waals surface area contributed by atoms with E-state index in [1.165, 1.54) is 16.4 Å². The van der Waals surface area contributed by atoms with Gasteiger partial charge in [-0.15, -0.1) is 11.3 Å². The summed E-state index contributed by atoms with van der Waals surface area (Å²) in [6.45, 7) is 4.08. The van der Waals surface area contributed by atoms with Crippen molar-refractivity contribution in [3.8, 4) is 0 Å². The number of ether oxygens (including phenoxy) is 1. The van der Waals surface area contributed by atoms with Crippen molar-refractivity contribution in [2.45, 2.75) is 31.1 Å². The van der Waals surface area contributed by atoms with E-state index >= 15 is 0 Å². The summed E-state index contributed by atoms with van der Waals surface area (Å²) in [6, 6.07) is 6.09. The Bertz CT molecular complexity index is 888. The lowest BCUT2D eigenvalue weighted by molar-refractivity contribution is 0.0730. The number of amides is 1. The van der Waals surface area contributed by atoms with E-state index in [0.717, 1.165) is 30.0 Å². The van der Waals surface area contributed by atoms with Gasteiger partial charge in [0.15, 0.2) is 0 Å². The number of rotatable bonds is 8. The molecule has 1 fully saturated rings. The van der Waals surface area contributed by atoms with Crippen molar-refractivity contribution < 1.29 is 17.9 Å². The largest absolute Gasteiger partial charge is 0.379 e. The van der Waals surface area contributed by atoms with E-state index in [4.69, 9.17) is 4.74 Å². The summed E-state index contributed by atoms with van der Waals surface area (Å²) in [4.78, 5) is 16.9. The van der Waals surface area contributed by atoms with Gasteiger partial charge in [-0.25, -0.2) is 13.4 Å². The highest BCUT2D eigenvalue weighted by Gasteiger charge is 2.26. The summed E-state index contributed by atoms with van der Waals surface area (Å²) in [7, 11) is -3.54. The van der Waals surface area contributed by atoms with Crippen LogP contribution in [0.25, 0.3) is 0 Å². The fourth-order valence-corrected chi connectivity index (χ4v) is 5.16. The van der Waals surface area contributed by atoms with Crippen LogP contribution in [0.3, 0.4) is 0 Å². The molecule has 0 unspecified atom stereocenters. The number of aryl methyl sites for hydroxylation is 2. The molecule has 0 aliphatic carbocycles. The van der Waals surface area contributed by atoms with Crippen LogP contribution >= 0.6 is 11.3 Å². The lowest BCUT2D eigenvalue weighted by Gasteiger charge is -2.26. The van der Waals surface area contributed by atoms with E-state index in [1.54, 1.807) is 23.5 Å². The Morgan fingerprint density at radius 1 is 1.21 bits per heavy atom. The van der Waals surface area contributed by atoms with Crippen LogP contribution in [0, 0.1) is 6.92 Å². The molecular weight excluding hydrogens is 398 g/mol. The highest BCUT2D eigenvalue weighted by Crippen LogP contribution is 2.18. The minimum absolute atomic E-state index is 0.194. The quantitative estimate of drug-likeness (QED) is 0.658. The molecular formula is C19H25N3O4S2. The Balaban J connectivity index is 1.46. The first-order valence-electron chi connectivity index (χ1n) is 9.34. The predicted octanol–water partition coefficient (Wildman–Crippen LogP) is 2.23. The minimum atomic E-state index is -3.54. The molecule has 0 radical (unpaired) electrons. The molecule has 3 rings (SSSR count). The number of hydrogen-bond acceptors (Lipinski definition) is 6. The maximum Gasteiger partial charge on any atom is 0.251 e. The second-order valence-electron chi connectivity index (χ2n) is 6.64. The van der Waals surface area contributed by atoms with Crippen LogP contribution in [0.5, 0.6) is 0 Å². The number of carbonyl (C=O) groups excluding carboxylic acids is 1. The molecule has 1 aliphatic heterocycles. The van der Waals surface area contributed by atoms with E-state index < -0.39 is 10.0 Å². The van der Waals surface area contributed by atoms with Crippen LogP contribution in [-0.4, -0.2) is 56.5 Å². The number of nitrogens with zero attached hydrogens (tertiary/aromatic N) is 2. The Labute approximate surface area is 169 Å². The van der Waals surface area contributed by atoms with Crippen molar-refractivity contribution in [3.05, 3.63) is 45.9 Å². The van der Waals surface area contributed by atoms with Crippen LogP contribution in [0.1, 0.15) is 33.9 Å². The molecule has 28 heavy (non-hydrogen) atoms. The van der Waals surface area contributed by atoms with Crippen molar-refractivity contribution in [2.24, 2.45) is 0 Å². The normalized spacial score (nSPS) is 15.5. The smallest absolute Gasteiger partial charge is 0.251 e. The standard InChI is InChI=1S/C19H25N3O4S2/c1-15-14-27-18(21-15)4-2-3-9-20-19(23)16-5-7-17(8-6-16)28(24,25)22-10-12-26-13-11-22/h5-8,14H,2-4,9-13H2,1H3,(H,20,23). The Kier molecular flexibility index (Phi) is 7.17. The van der Waals surface area contributed by atoms with Crippen LogP contribution in [-0.2, 0) is 21.2 Å². The number of carbonyl (C=O) groups is 1. The van der Waals surface area contributed by atoms with Gasteiger partial charge in [0.05, 0.1) is 23.1 Å². The molecule has 7 nitrogen and oxygen atoms in total. The maximum atomic E-state index is 12.6. The summed E-state index contributed by atoms with van der Waals surface area (Å²) in [5, 5.41) is 6.05. The second-order valence-corrected chi connectivity index (χ2v) is 9.52. The molecule has 1 N–H and O–H groups in total. The topological polar surface area (TPSA) is 88.6 Å². The number of sulfonamides is 1. The molecule has 1 aromatic heterocycles. The van der Waals surface area contributed by atoms with E-state index in [1.807, 2.05) is 12.3 Å². The molecule has 0 bridgehead atoms. The summed E-state index contributed by atoms with van der Waals surface area (Å²) in [5.41, 5.74) is 1.50. The van der Waals surface area contributed by atoms with Gasteiger partial charge in [0.2, 0.25) is 10.0 Å². The third-order valence-corrected chi connectivity index (χ3v) is 7.43. The van der Waals surface area contributed by atoms with Gasteiger partial charge in [0, 0.05) is 36.3 Å². The highest BCUT2D eigenvalue weighted by atomic mass is 32.2. The lowest BCUT2D eigenvalue weighted by atomic mass is 10.2. The van der Waals surface area contributed by atoms with Gasteiger partial charge in [0.25, 0.3) is 5.91 Å².